The van der Waals surface area contributed by atoms with Crippen molar-refractivity contribution < 1.29 is 29.0 Å². The molecule has 0 spiro atoms. The molecule has 2 N–H and O–H groups in total. The first-order valence-corrected chi connectivity index (χ1v) is 7.01. The summed E-state index contributed by atoms with van der Waals surface area (Å²) in [5.74, 6) is -2.26. The number of hydrogen-bond acceptors (Lipinski definition) is 5. The van der Waals surface area contributed by atoms with Crippen LogP contribution in [0.25, 0.3) is 0 Å². The van der Waals surface area contributed by atoms with Gasteiger partial charge in [-0.1, -0.05) is 6.92 Å². The van der Waals surface area contributed by atoms with E-state index in [1.807, 2.05) is 6.92 Å². The molecule has 120 valence electrons. The molecule has 21 heavy (non-hydrogen) atoms. The second-order valence-corrected chi connectivity index (χ2v) is 4.71. The number of rotatable bonds is 7. The molecule has 1 saturated heterocycles. The molecule has 8 nitrogen and oxygen atoms in total. The van der Waals surface area contributed by atoms with Gasteiger partial charge in [-0.05, 0) is 13.3 Å². The number of carbonyl (C=O) groups excluding carboxylic acids is 2. The van der Waals surface area contributed by atoms with Gasteiger partial charge in [-0.15, -0.1) is 0 Å². The van der Waals surface area contributed by atoms with Crippen molar-refractivity contribution in [3.63, 3.8) is 0 Å². The minimum absolute atomic E-state index is 0.0887. The van der Waals surface area contributed by atoms with Gasteiger partial charge in [0.1, 0.15) is 12.5 Å². The molecule has 0 radical (unpaired) electrons. The monoisotopic (exact) mass is 302 g/mol. The fraction of sp³-hybridized carbons (Fsp3) is 0.769. The number of nitrogens with zero attached hydrogens (tertiary/aromatic N) is 1. The summed E-state index contributed by atoms with van der Waals surface area (Å²) in [5, 5.41) is 11.6. The van der Waals surface area contributed by atoms with Crippen LogP contribution in [0.5, 0.6) is 0 Å². The normalized spacial score (nSPS) is 20.9. The highest BCUT2D eigenvalue weighted by atomic mass is 16.5. The van der Waals surface area contributed by atoms with E-state index in [4.69, 9.17) is 14.6 Å². The lowest BCUT2D eigenvalue weighted by Crippen LogP contribution is -2.51. The third-order valence-electron chi connectivity index (χ3n) is 3.18. The lowest BCUT2D eigenvalue weighted by atomic mass is 10.0. The Balaban J connectivity index is 2.65. The molecule has 0 aromatic carbocycles. The van der Waals surface area contributed by atoms with Crippen LogP contribution in [0.3, 0.4) is 0 Å². The fourth-order valence-electron chi connectivity index (χ4n) is 2.21. The van der Waals surface area contributed by atoms with Gasteiger partial charge >= 0.3 is 18.0 Å². The Morgan fingerprint density at radius 3 is 2.62 bits per heavy atom. The third kappa shape index (κ3) is 4.89. The number of hydrogen-bond donors (Lipinski definition) is 2. The zero-order chi connectivity index (χ0) is 15.8. The summed E-state index contributed by atoms with van der Waals surface area (Å²) in [7, 11) is 0. The van der Waals surface area contributed by atoms with Crippen LogP contribution < -0.4 is 5.32 Å². The highest BCUT2D eigenvalue weighted by Gasteiger charge is 2.39. The molecule has 2 amide bonds. The van der Waals surface area contributed by atoms with Crippen LogP contribution in [0.1, 0.15) is 20.3 Å². The Labute approximate surface area is 123 Å². The summed E-state index contributed by atoms with van der Waals surface area (Å²) in [6, 6.07) is -1.00. The minimum Gasteiger partial charge on any atom is -0.481 e. The number of carboxylic acids is 1. The molecule has 1 rings (SSSR count). The first kappa shape index (κ1) is 17.2. The molecule has 0 aliphatic carbocycles. The van der Waals surface area contributed by atoms with Crippen molar-refractivity contribution in [3.05, 3.63) is 0 Å². The number of urea groups is 1. The van der Waals surface area contributed by atoms with Gasteiger partial charge in [0.2, 0.25) is 0 Å². The van der Waals surface area contributed by atoms with Crippen molar-refractivity contribution in [2.24, 2.45) is 5.92 Å². The van der Waals surface area contributed by atoms with Gasteiger partial charge in [-0.2, -0.15) is 0 Å². The second kappa shape index (κ2) is 8.46. The molecule has 1 fully saturated rings. The van der Waals surface area contributed by atoms with E-state index in [0.29, 0.717) is 13.0 Å². The van der Waals surface area contributed by atoms with Crippen molar-refractivity contribution in [1.29, 1.82) is 0 Å². The summed E-state index contributed by atoms with van der Waals surface area (Å²) in [6.07, 6.45) is 0.676. The standard InChI is InChI=1S/C13H22N2O6/c1-3-5-15(10-8-20-7-9(10)12(17)18)13(19)14-6-11(16)21-4-2/h9-10H,3-8H2,1-2H3,(H,14,19)(H,17,18). The number of nitrogens with one attached hydrogen (secondary N) is 1. The first-order chi connectivity index (χ1) is 10.0. The Kier molecular flexibility index (Phi) is 6.93. The summed E-state index contributed by atoms with van der Waals surface area (Å²) >= 11 is 0. The van der Waals surface area contributed by atoms with E-state index >= 15 is 0 Å². The van der Waals surface area contributed by atoms with Gasteiger partial charge < -0.3 is 24.8 Å². The van der Waals surface area contributed by atoms with Crippen LogP contribution in [-0.2, 0) is 19.1 Å². The molecule has 8 heteroatoms. The summed E-state index contributed by atoms with van der Waals surface area (Å²) < 4.78 is 9.90. The molecule has 0 aromatic rings. The van der Waals surface area contributed by atoms with E-state index in [2.05, 4.69) is 5.32 Å². The van der Waals surface area contributed by atoms with Crippen LogP contribution in [0.4, 0.5) is 4.79 Å². The van der Waals surface area contributed by atoms with Crippen molar-refractivity contribution in [1.82, 2.24) is 10.2 Å². The Morgan fingerprint density at radius 1 is 1.33 bits per heavy atom. The maximum Gasteiger partial charge on any atom is 0.325 e. The second-order valence-electron chi connectivity index (χ2n) is 4.71. The molecule has 1 aliphatic rings. The topological polar surface area (TPSA) is 105 Å². The van der Waals surface area contributed by atoms with E-state index < -0.39 is 29.9 Å². The molecule has 1 aliphatic heterocycles. The zero-order valence-corrected chi connectivity index (χ0v) is 12.3. The minimum atomic E-state index is -0.989. The molecular weight excluding hydrogens is 280 g/mol. The Morgan fingerprint density at radius 2 is 2.05 bits per heavy atom. The highest BCUT2D eigenvalue weighted by molar-refractivity contribution is 5.82. The first-order valence-electron chi connectivity index (χ1n) is 7.01. The molecule has 2 unspecified atom stereocenters. The molecule has 0 saturated carbocycles. The van der Waals surface area contributed by atoms with Crippen molar-refractivity contribution in [2.45, 2.75) is 26.3 Å². The maximum absolute atomic E-state index is 12.2. The summed E-state index contributed by atoms with van der Waals surface area (Å²) in [6.45, 7) is 4.23. The van der Waals surface area contributed by atoms with Crippen molar-refractivity contribution in [2.75, 3.05) is 32.9 Å². The lowest BCUT2D eigenvalue weighted by Gasteiger charge is -2.30. The summed E-state index contributed by atoms with van der Waals surface area (Å²) in [4.78, 5) is 36.0. The van der Waals surface area contributed by atoms with E-state index in [0.717, 1.165) is 0 Å². The predicted molar refractivity (Wildman–Crippen MR) is 72.8 cm³/mol. The Hall–Kier alpha value is -1.83. The van der Waals surface area contributed by atoms with E-state index in [9.17, 15) is 14.4 Å². The Bertz CT molecular complexity index is 387. The molecule has 0 bridgehead atoms. The number of carboxylic acid groups (broad SMARTS) is 1. The highest BCUT2D eigenvalue weighted by Crippen LogP contribution is 2.20. The fourth-order valence-corrected chi connectivity index (χ4v) is 2.21. The van der Waals surface area contributed by atoms with Gasteiger partial charge in [-0.3, -0.25) is 9.59 Å². The number of esters is 1. The lowest BCUT2D eigenvalue weighted by molar-refractivity contribution is -0.143. The third-order valence-corrected chi connectivity index (χ3v) is 3.18. The van der Waals surface area contributed by atoms with Gasteiger partial charge in [0.25, 0.3) is 0 Å². The van der Waals surface area contributed by atoms with Gasteiger partial charge in [0, 0.05) is 6.54 Å². The van der Waals surface area contributed by atoms with Crippen LogP contribution in [0.2, 0.25) is 0 Å². The largest absolute Gasteiger partial charge is 0.481 e. The van der Waals surface area contributed by atoms with Crippen LogP contribution in [-0.4, -0.2) is 66.9 Å². The van der Waals surface area contributed by atoms with Crippen molar-refractivity contribution >= 4 is 18.0 Å². The maximum atomic E-state index is 12.2. The number of ether oxygens (including phenoxy) is 2. The summed E-state index contributed by atoms with van der Waals surface area (Å²) in [5.41, 5.74) is 0. The van der Waals surface area contributed by atoms with Gasteiger partial charge in [0.05, 0.1) is 25.9 Å². The quantitative estimate of drug-likeness (QED) is 0.645. The molecular formula is C13H22N2O6. The number of carbonyl (C=O) groups is 3. The van der Waals surface area contributed by atoms with Crippen LogP contribution >= 0.6 is 0 Å². The van der Waals surface area contributed by atoms with E-state index in [-0.39, 0.29) is 26.4 Å². The SMILES string of the molecule is CCCN(C(=O)NCC(=O)OCC)C1COCC1C(=O)O. The number of aliphatic carboxylic acids is 1. The van der Waals surface area contributed by atoms with Gasteiger partial charge in [-0.25, -0.2) is 4.79 Å². The van der Waals surface area contributed by atoms with Crippen LogP contribution in [0.15, 0.2) is 0 Å². The predicted octanol–water partition coefficient (Wildman–Crippen LogP) is 0.0707. The molecule has 1 heterocycles. The number of amides is 2. The average molecular weight is 302 g/mol. The molecule has 2 atom stereocenters. The van der Waals surface area contributed by atoms with E-state index in [1.165, 1.54) is 4.90 Å². The molecule has 0 aromatic heterocycles. The van der Waals surface area contributed by atoms with Crippen LogP contribution in [0, 0.1) is 5.92 Å². The smallest absolute Gasteiger partial charge is 0.325 e. The van der Waals surface area contributed by atoms with Gasteiger partial charge in [0.15, 0.2) is 0 Å². The average Bonchev–Trinajstić information content (AvgIpc) is 2.91. The zero-order valence-electron chi connectivity index (χ0n) is 12.3. The van der Waals surface area contributed by atoms with Crippen molar-refractivity contribution in [3.8, 4) is 0 Å². The van der Waals surface area contributed by atoms with E-state index in [1.54, 1.807) is 6.92 Å².